The van der Waals surface area contributed by atoms with Gasteiger partial charge in [-0.2, -0.15) is 13.1 Å². The van der Waals surface area contributed by atoms with Gasteiger partial charge in [0.2, 0.25) is 0 Å². The van der Waals surface area contributed by atoms with E-state index >= 15 is 0 Å². The minimum Gasteiger partial charge on any atom is -0.496 e. The predicted octanol–water partition coefficient (Wildman–Crippen LogP) is 2.75. The molecule has 0 unspecified atom stereocenters. The molecule has 0 radical (unpaired) electrons. The second kappa shape index (κ2) is 10.3. The Kier molecular flexibility index (Phi) is 7.69. The lowest BCUT2D eigenvalue weighted by atomic mass is 9.68. The molecule has 168 valence electrons. The highest BCUT2D eigenvalue weighted by atomic mass is 32.2. The third-order valence-electron chi connectivity index (χ3n) is 5.92. The van der Waals surface area contributed by atoms with Crippen LogP contribution in [0.4, 0.5) is 0 Å². The van der Waals surface area contributed by atoms with E-state index in [4.69, 9.17) is 4.74 Å². The maximum absolute atomic E-state index is 12.9. The van der Waals surface area contributed by atoms with Crippen LogP contribution in [-0.4, -0.2) is 40.6 Å². The maximum Gasteiger partial charge on any atom is 0.277 e. The Morgan fingerprint density at radius 2 is 1.71 bits per heavy atom. The monoisotopic (exact) mass is 445 g/mol. The number of methoxy groups -OCH3 is 1. The van der Waals surface area contributed by atoms with Gasteiger partial charge in [0.1, 0.15) is 5.75 Å². The molecule has 0 saturated heterocycles. The molecule has 1 aliphatic carbocycles. The van der Waals surface area contributed by atoms with Crippen molar-refractivity contribution in [2.45, 2.75) is 44.1 Å². The van der Waals surface area contributed by atoms with Crippen LogP contribution in [0.2, 0.25) is 0 Å². The first kappa shape index (κ1) is 23.2. The maximum atomic E-state index is 12.9. The zero-order valence-electron chi connectivity index (χ0n) is 18.1. The third kappa shape index (κ3) is 5.84. The van der Waals surface area contributed by atoms with Crippen molar-refractivity contribution in [1.29, 1.82) is 0 Å². The minimum absolute atomic E-state index is 0.120. The van der Waals surface area contributed by atoms with Gasteiger partial charge in [0.05, 0.1) is 12.7 Å². The van der Waals surface area contributed by atoms with E-state index in [9.17, 15) is 13.2 Å². The number of para-hydroxylation sites is 1. The van der Waals surface area contributed by atoms with Gasteiger partial charge in [0.15, 0.2) is 0 Å². The molecule has 3 N–H and O–H groups in total. The number of carbonyl (C=O) groups excluding carboxylic acids is 1. The highest BCUT2D eigenvalue weighted by Gasteiger charge is 2.38. The Balaban J connectivity index is 1.74. The van der Waals surface area contributed by atoms with Crippen molar-refractivity contribution in [2.75, 3.05) is 20.2 Å². The molecule has 1 amide bonds. The fourth-order valence-corrected chi connectivity index (χ4v) is 5.41. The Labute approximate surface area is 184 Å². The zero-order valence-corrected chi connectivity index (χ0v) is 18.9. The first-order valence-electron chi connectivity index (χ1n) is 10.6. The van der Waals surface area contributed by atoms with Crippen LogP contribution in [0.1, 0.15) is 48.5 Å². The molecule has 1 fully saturated rings. The van der Waals surface area contributed by atoms with Crippen molar-refractivity contribution in [2.24, 2.45) is 0 Å². The molecule has 3 rings (SSSR count). The first-order valence-corrected chi connectivity index (χ1v) is 12.1. The van der Waals surface area contributed by atoms with E-state index in [1.165, 1.54) is 0 Å². The summed E-state index contributed by atoms with van der Waals surface area (Å²) in [5.41, 5.74) is 1.41. The molecule has 0 spiro atoms. The summed E-state index contributed by atoms with van der Waals surface area (Å²) in [5, 5.41) is 3.10. The molecule has 8 heteroatoms. The predicted molar refractivity (Wildman–Crippen MR) is 121 cm³/mol. The summed E-state index contributed by atoms with van der Waals surface area (Å²) < 4.78 is 34.7. The molecule has 0 atom stereocenters. The van der Waals surface area contributed by atoms with Gasteiger partial charge in [-0.25, -0.2) is 4.72 Å². The van der Waals surface area contributed by atoms with Crippen LogP contribution in [0.15, 0.2) is 54.6 Å². The summed E-state index contributed by atoms with van der Waals surface area (Å²) in [6.07, 6.45) is 2.93. The van der Waals surface area contributed by atoms with Gasteiger partial charge in [0.25, 0.3) is 16.1 Å². The number of hydrogen-bond acceptors (Lipinski definition) is 4. The van der Waals surface area contributed by atoms with Crippen LogP contribution in [0.25, 0.3) is 0 Å². The van der Waals surface area contributed by atoms with E-state index in [0.29, 0.717) is 37.2 Å². The number of hydrogen-bond donors (Lipinski definition) is 3. The third-order valence-corrected chi connectivity index (χ3v) is 7.24. The van der Waals surface area contributed by atoms with Gasteiger partial charge >= 0.3 is 0 Å². The smallest absolute Gasteiger partial charge is 0.277 e. The minimum atomic E-state index is -3.49. The Hall–Kier alpha value is -2.42. The van der Waals surface area contributed by atoms with E-state index in [1.807, 2.05) is 30.3 Å². The lowest BCUT2D eigenvalue weighted by Crippen LogP contribution is -2.49. The molecule has 7 nitrogen and oxygen atoms in total. The standard InChI is InChI=1S/C23H31N3O4S/c1-3-25-31(28,29)26-19-13-15-23(16-14-19,18-9-5-4-6-10-18)17-24-22(27)20-11-7-8-12-21(20)30-2/h4-12,19,25-26H,3,13-17H2,1-2H3,(H,24,27)/t19-,23-. The molecule has 2 aromatic carbocycles. The van der Waals surface area contributed by atoms with Crippen molar-refractivity contribution in [1.82, 2.24) is 14.8 Å². The quantitative estimate of drug-likeness (QED) is 0.553. The van der Waals surface area contributed by atoms with E-state index in [0.717, 1.165) is 18.4 Å². The summed E-state index contributed by atoms with van der Waals surface area (Å²) in [5.74, 6) is 0.359. The number of carbonyl (C=O) groups is 1. The average Bonchev–Trinajstić information content (AvgIpc) is 2.79. The van der Waals surface area contributed by atoms with E-state index in [1.54, 1.807) is 26.2 Å². The number of nitrogens with one attached hydrogen (secondary N) is 3. The zero-order chi connectivity index (χ0) is 22.3. The molecular formula is C23H31N3O4S. The van der Waals surface area contributed by atoms with Crippen molar-refractivity contribution < 1.29 is 17.9 Å². The van der Waals surface area contributed by atoms with Crippen molar-refractivity contribution in [3.05, 3.63) is 65.7 Å². The number of ether oxygens (including phenoxy) is 1. The Morgan fingerprint density at radius 3 is 2.35 bits per heavy atom. The van der Waals surface area contributed by atoms with Crippen LogP contribution in [0, 0.1) is 0 Å². The first-order chi connectivity index (χ1) is 14.9. The largest absolute Gasteiger partial charge is 0.496 e. The summed E-state index contributed by atoms with van der Waals surface area (Å²) in [6, 6.07) is 17.2. The number of rotatable bonds is 9. The summed E-state index contributed by atoms with van der Waals surface area (Å²) in [7, 11) is -1.94. The molecular weight excluding hydrogens is 414 g/mol. The van der Waals surface area contributed by atoms with Crippen molar-refractivity contribution in [3.63, 3.8) is 0 Å². The molecule has 0 aromatic heterocycles. The van der Waals surface area contributed by atoms with Crippen LogP contribution in [-0.2, 0) is 15.6 Å². The Morgan fingerprint density at radius 1 is 1.06 bits per heavy atom. The van der Waals surface area contributed by atoms with Gasteiger partial charge < -0.3 is 10.1 Å². The highest BCUT2D eigenvalue weighted by molar-refractivity contribution is 7.87. The second-order valence-corrected chi connectivity index (χ2v) is 9.45. The molecule has 0 heterocycles. The fraction of sp³-hybridized carbons (Fsp3) is 0.435. The molecule has 0 bridgehead atoms. The highest BCUT2D eigenvalue weighted by Crippen LogP contribution is 2.39. The Bertz CT molecular complexity index is 971. The van der Waals surface area contributed by atoms with Crippen LogP contribution >= 0.6 is 0 Å². The van der Waals surface area contributed by atoms with Gasteiger partial charge in [-0.05, 0) is 43.4 Å². The molecule has 1 aliphatic rings. The van der Waals surface area contributed by atoms with E-state index in [2.05, 4.69) is 26.9 Å². The number of benzene rings is 2. The molecule has 0 aliphatic heterocycles. The van der Waals surface area contributed by atoms with Crippen molar-refractivity contribution >= 4 is 16.1 Å². The van der Waals surface area contributed by atoms with Crippen LogP contribution < -0.4 is 19.5 Å². The van der Waals surface area contributed by atoms with Gasteiger partial charge in [-0.15, -0.1) is 0 Å². The van der Waals surface area contributed by atoms with Crippen LogP contribution in [0.3, 0.4) is 0 Å². The van der Waals surface area contributed by atoms with E-state index in [-0.39, 0.29) is 17.4 Å². The van der Waals surface area contributed by atoms with Gasteiger partial charge in [-0.3, -0.25) is 4.79 Å². The number of amides is 1. The van der Waals surface area contributed by atoms with Crippen molar-refractivity contribution in [3.8, 4) is 5.75 Å². The normalized spacial score (nSPS) is 21.4. The molecule has 2 aromatic rings. The summed E-state index contributed by atoms with van der Waals surface area (Å²) in [4.78, 5) is 12.9. The summed E-state index contributed by atoms with van der Waals surface area (Å²) >= 11 is 0. The lowest BCUT2D eigenvalue weighted by Gasteiger charge is -2.41. The van der Waals surface area contributed by atoms with Crippen LogP contribution in [0.5, 0.6) is 5.75 Å². The van der Waals surface area contributed by atoms with Gasteiger partial charge in [-0.1, -0.05) is 49.4 Å². The SMILES string of the molecule is CCNS(=O)(=O)N[C@H]1CC[C@](CNC(=O)c2ccccc2OC)(c2ccccc2)CC1. The lowest BCUT2D eigenvalue weighted by molar-refractivity contribution is 0.0932. The average molecular weight is 446 g/mol. The summed E-state index contributed by atoms with van der Waals surface area (Å²) in [6.45, 7) is 2.58. The topological polar surface area (TPSA) is 96.5 Å². The molecule has 1 saturated carbocycles. The molecule has 31 heavy (non-hydrogen) atoms. The second-order valence-electron chi connectivity index (χ2n) is 7.92. The van der Waals surface area contributed by atoms with E-state index < -0.39 is 10.2 Å². The fourth-order valence-electron chi connectivity index (χ4n) is 4.28. The van der Waals surface area contributed by atoms with Gasteiger partial charge in [0, 0.05) is 24.5 Å².